The van der Waals surface area contributed by atoms with Crippen molar-refractivity contribution >= 4 is 5.78 Å². The van der Waals surface area contributed by atoms with Crippen LogP contribution in [0.2, 0.25) is 0 Å². The number of aromatic nitrogens is 2. The minimum atomic E-state index is -0.634. The van der Waals surface area contributed by atoms with E-state index >= 15 is 0 Å². The summed E-state index contributed by atoms with van der Waals surface area (Å²) in [5.41, 5.74) is 0.110. The zero-order chi connectivity index (χ0) is 15.4. The predicted octanol–water partition coefficient (Wildman–Crippen LogP) is 2.68. The Balaban J connectivity index is 2.57. The van der Waals surface area contributed by atoms with Gasteiger partial charge in [0.05, 0.1) is 20.4 Å². The van der Waals surface area contributed by atoms with Crippen LogP contribution in [0.4, 0.5) is 4.39 Å². The number of halogens is 1. The number of ketones is 1. The molecule has 0 aliphatic carbocycles. The summed E-state index contributed by atoms with van der Waals surface area (Å²) >= 11 is 0. The highest BCUT2D eigenvalue weighted by Crippen LogP contribution is 2.28. The normalized spacial score (nSPS) is 10.5. The van der Waals surface area contributed by atoms with Crippen molar-refractivity contribution in [3.8, 4) is 11.5 Å². The summed E-state index contributed by atoms with van der Waals surface area (Å²) in [6, 6.07) is 4.26. The van der Waals surface area contributed by atoms with Crippen molar-refractivity contribution in [3.63, 3.8) is 0 Å². The van der Waals surface area contributed by atoms with Crippen LogP contribution in [-0.4, -0.2) is 29.8 Å². The fourth-order valence-electron chi connectivity index (χ4n) is 2.14. The first-order valence-electron chi connectivity index (χ1n) is 6.61. The smallest absolute Gasteiger partial charge is 0.221 e. The maximum Gasteiger partial charge on any atom is 0.221 e. The van der Waals surface area contributed by atoms with Gasteiger partial charge in [-0.05, 0) is 18.6 Å². The van der Waals surface area contributed by atoms with E-state index in [2.05, 4.69) is 5.10 Å². The average molecular weight is 292 g/mol. The fraction of sp³-hybridized carbons (Fsp3) is 0.333. The standard InChI is InChI=1S/C15H17FN2O3/c1-4-8-18-14(12(21-3)9-17-18)15(19)13-10(16)6-5-7-11(13)20-2/h5-7,9H,4,8H2,1-3H3. The SMILES string of the molecule is CCCn1ncc(OC)c1C(=O)c1c(F)cccc1OC. The zero-order valence-corrected chi connectivity index (χ0v) is 12.2. The van der Waals surface area contributed by atoms with Gasteiger partial charge in [0.2, 0.25) is 5.78 Å². The van der Waals surface area contributed by atoms with E-state index in [1.54, 1.807) is 6.07 Å². The van der Waals surface area contributed by atoms with Gasteiger partial charge in [-0.25, -0.2) is 4.39 Å². The Bertz CT molecular complexity index is 652. The van der Waals surface area contributed by atoms with E-state index in [4.69, 9.17) is 9.47 Å². The van der Waals surface area contributed by atoms with Gasteiger partial charge in [-0.2, -0.15) is 5.10 Å². The molecule has 0 unspecified atom stereocenters. The Morgan fingerprint density at radius 1 is 1.29 bits per heavy atom. The van der Waals surface area contributed by atoms with E-state index in [0.29, 0.717) is 12.3 Å². The summed E-state index contributed by atoms with van der Waals surface area (Å²) in [4.78, 5) is 12.7. The molecule has 21 heavy (non-hydrogen) atoms. The van der Waals surface area contributed by atoms with Crippen LogP contribution in [0.1, 0.15) is 29.4 Å². The number of benzene rings is 1. The molecule has 1 heterocycles. The van der Waals surface area contributed by atoms with Gasteiger partial charge < -0.3 is 9.47 Å². The van der Waals surface area contributed by atoms with Crippen LogP contribution >= 0.6 is 0 Å². The van der Waals surface area contributed by atoms with Crippen LogP contribution in [0.25, 0.3) is 0 Å². The molecule has 1 aromatic carbocycles. The van der Waals surface area contributed by atoms with Crippen LogP contribution in [-0.2, 0) is 6.54 Å². The summed E-state index contributed by atoms with van der Waals surface area (Å²) in [5.74, 6) is -0.636. The van der Waals surface area contributed by atoms with Crippen molar-refractivity contribution in [2.24, 2.45) is 0 Å². The molecule has 112 valence electrons. The molecule has 0 bridgehead atoms. The molecule has 5 nitrogen and oxygen atoms in total. The second-order valence-electron chi connectivity index (χ2n) is 4.43. The van der Waals surface area contributed by atoms with Crippen molar-refractivity contribution in [3.05, 3.63) is 41.5 Å². The monoisotopic (exact) mass is 292 g/mol. The number of carbonyl (C=O) groups excluding carboxylic acids is 1. The molecular weight excluding hydrogens is 275 g/mol. The number of rotatable bonds is 6. The minimum Gasteiger partial charge on any atom is -0.496 e. The van der Waals surface area contributed by atoms with Crippen LogP contribution in [0.15, 0.2) is 24.4 Å². The van der Waals surface area contributed by atoms with Crippen molar-refractivity contribution in [2.45, 2.75) is 19.9 Å². The van der Waals surface area contributed by atoms with Gasteiger partial charge in [0.25, 0.3) is 0 Å². The molecule has 0 fully saturated rings. The lowest BCUT2D eigenvalue weighted by molar-refractivity contribution is 0.101. The number of ether oxygens (including phenoxy) is 2. The highest BCUT2D eigenvalue weighted by molar-refractivity contribution is 6.11. The molecule has 0 saturated carbocycles. The number of hydrogen-bond acceptors (Lipinski definition) is 4. The van der Waals surface area contributed by atoms with Crippen LogP contribution in [0.3, 0.4) is 0 Å². The number of aryl methyl sites for hydroxylation is 1. The summed E-state index contributed by atoms with van der Waals surface area (Å²) in [6.07, 6.45) is 2.25. The van der Waals surface area contributed by atoms with Gasteiger partial charge >= 0.3 is 0 Å². The Morgan fingerprint density at radius 2 is 2.00 bits per heavy atom. The lowest BCUT2D eigenvalue weighted by Gasteiger charge is -2.11. The molecule has 0 amide bonds. The van der Waals surface area contributed by atoms with Crippen molar-refractivity contribution in [2.75, 3.05) is 14.2 Å². The third kappa shape index (κ3) is 2.74. The van der Waals surface area contributed by atoms with E-state index < -0.39 is 11.6 Å². The van der Waals surface area contributed by atoms with Gasteiger partial charge in [0, 0.05) is 6.54 Å². The molecule has 0 radical (unpaired) electrons. The Morgan fingerprint density at radius 3 is 2.62 bits per heavy atom. The molecule has 6 heteroatoms. The van der Waals surface area contributed by atoms with E-state index in [1.807, 2.05) is 6.92 Å². The molecule has 2 rings (SSSR count). The van der Waals surface area contributed by atoms with Gasteiger partial charge in [0.1, 0.15) is 17.1 Å². The van der Waals surface area contributed by atoms with Crippen molar-refractivity contribution in [1.82, 2.24) is 9.78 Å². The second kappa shape index (κ2) is 6.39. The molecule has 0 aliphatic rings. The molecule has 0 aliphatic heterocycles. The van der Waals surface area contributed by atoms with E-state index in [1.165, 1.54) is 37.2 Å². The third-order valence-corrected chi connectivity index (χ3v) is 3.10. The zero-order valence-electron chi connectivity index (χ0n) is 12.2. The quantitative estimate of drug-likeness (QED) is 0.768. The summed E-state index contributed by atoms with van der Waals surface area (Å²) in [6.45, 7) is 2.51. The minimum absolute atomic E-state index is 0.115. The first-order valence-corrected chi connectivity index (χ1v) is 6.61. The predicted molar refractivity (Wildman–Crippen MR) is 75.5 cm³/mol. The number of nitrogens with zero attached hydrogens (tertiary/aromatic N) is 2. The Kier molecular flexibility index (Phi) is 4.57. The molecular formula is C15H17FN2O3. The van der Waals surface area contributed by atoms with Gasteiger partial charge in [-0.3, -0.25) is 9.48 Å². The highest BCUT2D eigenvalue weighted by atomic mass is 19.1. The second-order valence-corrected chi connectivity index (χ2v) is 4.43. The fourth-order valence-corrected chi connectivity index (χ4v) is 2.14. The Labute approximate surface area is 122 Å². The summed E-state index contributed by atoms with van der Waals surface area (Å²) in [7, 11) is 2.84. The van der Waals surface area contributed by atoms with Crippen molar-refractivity contribution in [1.29, 1.82) is 0 Å². The molecule has 2 aromatic rings. The topological polar surface area (TPSA) is 53.4 Å². The molecule has 0 spiro atoms. The first-order chi connectivity index (χ1) is 10.1. The maximum absolute atomic E-state index is 14.1. The molecule has 1 aromatic heterocycles. The van der Waals surface area contributed by atoms with E-state index in [-0.39, 0.29) is 17.0 Å². The number of hydrogen-bond donors (Lipinski definition) is 0. The van der Waals surface area contributed by atoms with Crippen LogP contribution in [0, 0.1) is 5.82 Å². The Hall–Kier alpha value is -2.37. The third-order valence-electron chi connectivity index (χ3n) is 3.10. The lowest BCUT2D eigenvalue weighted by atomic mass is 10.1. The first kappa shape index (κ1) is 15.0. The van der Waals surface area contributed by atoms with Crippen molar-refractivity contribution < 1.29 is 18.7 Å². The largest absolute Gasteiger partial charge is 0.496 e. The van der Waals surface area contributed by atoms with Gasteiger partial charge in [0.15, 0.2) is 11.4 Å². The average Bonchev–Trinajstić information content (AvgIpc) is 2.89. The van der Waals surface area contributed by atoms with Crippen LogP contribution < -0.4 is 9.47 Å². The van der Waals surface area contributed by atoms with Crippen LogP contribution in [0.5, 0.6) is 11.5 Å². The molecule has 0 atom stereocenters. The van der Waals surface area contributed by atoms with E-state index in [9.17, 15) is 9.18 Å². The van der Waals surface area contributed by atoms with E-state index in [0.717, 1.165) is 6.42 Å². The lowest BCUT2D eigenvalue weighted by Crippen LogP contribution is -2.15. The maximum atomic E-state index is 14.1. The highest BCUT2D eigenvalue weighted by Gasteiger charge is 2.26. The summed E-state index contributed by atoms with van der Waals surface area (Å²) < 4.78 is 25.8. The summed E-state index contributed by atoms with van der Waals surface area (Å²) in [5, 5.41) is 4.12. The molecule has 0 saturated heterocycles. The number of carbonyl (C=O) groups is 1. The van der Waals surface area contributed by atoms with Gasteiger partial charge in [-0.15, -0.1) is 0 Å². The van der Waals surface area contributed by atoms with Gasteiger partial charge in [-0.1, -0.05) is 13.0 Å². The number of methoxy groups -OCH3 is 2. The molecule has 0 N–H and O–H groups in total.